The van der Waals surface area contributed by atoms with Crippen molar-refractivity contribution >= 4 is 0 Å². The van der Waals surface area contributed by atoms with E-state index in [9.17, 15) is 0 Å². The summed E-state index contributed by atoms with van der Waals surface area (Å²) in [6, 6.07) is 2.94. The molecule has 4 heteroatoms. The lowest BCUT2D eigenvalue weighted by atomic mass is 10.0. The lowest BCUT2D eigenvalue weighted by Gasteiger charge is -2.27. The van der Waals surface area contributed by atoms with Crippen LogP contribution < -0.4 is 5.32 Å². The van der Waals surface area contributed by atoms with E-state index in [1.807, 2.05) is 4.68 Å². The summed E-state index contributed by atoms with van der Waals surface area (Å²) in [4.78, 5) is 0. The van der Waals surface area contributed by atoms with E-state index in [-0.39, 0.29) is 0 Å². The lowest BCUT2D eigenvalue weighted by Crippen LogP contribution is -2.44. The largest absolute Gasteiger partial charge is 0.377 e. The second kappa shape index (κ2) is 7.23. The van der Waals surface area contributed by atoms with Crippen LogP contribution in [-0.4, -0.2) is 35.1 Å². The Hall–Kier alpha value is -0.870. The minimum absolute atomic E-state index is 0.337. The zero-order valence-electron chi connectivity index (χ0n) is 13.3. The van der Waals surface area contributed by atoms with E-state index in [1.165, 1.54) is 12.8 Å². The van der Waals surface area contributed by atoms with Crippen molar-refractivity contribution in [1.82, 2.24) is 15.1 Å². The van der Waals surface area contributed by atoms with Gasteiger partial charge < -0.3 is 10.1 Å². The van der Waals surface area contributed by atoms with Gasteiger partial charge in [-0.05, 0) is 52.1 Å². The summed E-state index contributed by atoms with van der Waals surface area (Å²) in [6.07, 6.45) is 5.99. The quantitative estimate of drug-likeness (QED) is 0.755. The highest BCUT2D eigenvalue weighted by Gasteiger charge is 2.37. The third-order valence-corrected chi connectivity index (χ3v) is 3.93. The second-order valence-corrected chi connectivity index (χ2v) is 6.01. The smallest absolute Gasteiger partial charge is 0.0759 e. The van der Waals surface area contributed by atoms with Gasteiger partial charge in [-0.15, -0.1) is 0 Å². The van der Waals surface area contributed by atoms with Gasteiger partial charge in [-0.1, -0.05) is 6.92 Å². The molecule has 1 fully saturated rings. The number of hydrogen-bond acceptors (Lipinski definition) is 3. The molecule has 1 saturated carbocycles. The maximum absolute atomic E-state index is 6.01. The Morgan fingerprint density at radius 2 is 2.15 bits per heavy atom. The summed E-state index contributed by atoms with van der Waals surface area (Å²) >= 11 is 0. The van der Waals surface area contributed by atoms with Crippen molar-refractivity contribution < 1.29 is 4.74 Å². The fraction of sp³-hybridized carbons (Fsp3) is 0.812. The first-order valence-corrected chi connectivity index (χ1v) is 8.04. The number of nitrogens with one attached hydrogen (secondary N) is 1. The molecule has 1 heterocycles. The summed E-state index contributed by atoms with van der Waals surface area (Å²) in [6.45, 7) is 10.3. The van der Waals surface area contributed by atoms with Gasteiger partial charge in [-0.3, -0.25) is 4.68 Å². The number of likely N-dealkylation sites (N-methyl/N-ethyl adjacent to an activating group) is 1. The Morgan fingerprint density at radius 3 is 2.65 bits per heavy atom. The average Bonchev–Trinajstić information content (AvgIpc) is 3.14. The van der Waals surface area contributed by atoms with Crippen LogP contribution in [-0.2, 0) is 11.2 Å². The van der Waals surface area contributed by atoms with Gasteiger partial charge >= 0.3 is 0 Å². The summed E-state index contributed by atoms with van der Waals surface area (Å²) in [5, 5.41) is 8.28. The number of nitrogens with zero attached hydrogens (tertiary/aromatic N) is 2. The molecule has 2 unspecified atom stereocenters. The van der Waals surface area contributed by atoms with E-state index in [1.54, 1.807) is 0 Å². The molecule has 0 aromatic carbocycles. The van der Waals surface area contributed by atoms with Gasteiger partial charge in [0.15, 0.2) is 0 Å². The molecule has 1 aromatic heterocycles. The van der Waals surface area contributed by atoms with Crippen molar-refractivity contribution in [1.29, 1.82) is 0 Å². The number of hydrogen-bond donors (Lipinski definition) is 1. The summed E-state index contributed by atoms with van der Waals surface area (Å²) in [7, 11) is 0. The van der Waals surface area contributed by atoms with E-state index < -0.39 is 0 Å². The normalized spacial score (nSPS) is 18.4. The number of aromatic nitrogens is 2. The zero-order chi connectivity index (χ0) is 14.5. The van der Waals surface area contributed by atoms with Crippen LogP contribution in [0.15, 0.2) is 12.3 Å². The lowest BCUT2D eigenvalue weighted by molar-refractivity contribution is 0.0193. The van der Waals surface area contributed by atoms with Crippen molar-refractivity contribution in [2.45, 2.75) is 65.1 Å². The second-order valence-electron chi connectivity index (χ2n) is 6.01. The molecule has 0 saturated heterocycles. The predicted molar refractivity (Wildman–Crippen MR) is 81.9 cm³/mol. The number of rotatable bonds is 9. The third kappa shape index (κ3) is 4.06. The minimum atomic E-state index is 0.337. The van der Waals surface area contributed by atoms with Gasteiger partial charge in [0.2, 0.25) is 0 Å². The Bertz CT molecular complexity index is 398. The van der Waals surface area contributed by atoms with Crippen molar-refractivity contribution in [2.75, 3.05) is 13.2 Å². The number of ether oxygens (including phenoxy) is 1. The molecular formula is C16H29N3O. The van der Waals surface area contributed by atoms with Crippen LogP contribution in [0.5, 0.6) is 0 Å². The van der Waals surface area contributed by atoms with E-state index in [4.69, 9.17) is 4.74 Å². The van der Waals surface area contributed by atoms with Gasteiger partial charge in [0.05, 0.1) is 11.8 Å². The van der Waals surface area contributed by atoms with Crippen LogP contribution >= 0.6 is 0 Å². The van der Waals surface area contributed by atoms with E-state index in [2.05, 4.69) is 50.4 Å². The molecule has 2 atom stereocenters. The molecule has 1 aliphatic rings. The molecule has 0 amide bonds. The summed E-state index contributed by atoms with van der Waals surface area (Å²) < 4.78 is 8.04. The molecule has 1 N–H and O–H groups in total. The highest BCUT2D eigenvalue weighted by molar-refractivity contribution is 5.05. The Kier molecular flexibility index (Phi) is 5.61. The molecular weight excluding hydrogens is 250 g/mol. The average molecular weight is 279 g/mol. The van der Waals surface area contributed by atoms with Gasteiger partial charge in [0, 0.05) is 31.3 Å². The molecule has 1 aliphatic carbocycles. The molecule has 20 heavy (non-hydrogen) atoms. The van der Waals surface area contributed by atoms with E-state index in [0.29, 0.717) is 18.2 Å². The predicted octanol–water partition coefficient (Wildman–Crippen LogP) is 2.80. The van der Waals surface area contributed by atoms with Crippen LogP contribution in [0, 0.1) is 5.92 Å². The Labute approximate surface area is 122 Å². The highest BCUT2D eigenvalue weighted by Crippen LogP contribution is 2.36. The Balaban J connectivity index is 2.02. The maximum Gasteiger partial charge on any atom is 0.0759 e. The van der Waals surface area contributed by atoms with Crippen LogP contribution in [0.2, 0.25) is 0 Å². The molecule has 2 rings (SSSR count). The maximum atomic E-state index is 6.01. The fourth-order valence-electron chi connectivity index (χ4n) is 2.76. The van der Waals surface area contributed by atoms with Gasteiger partial charge in [0.1, 0.15) is 0 Å². The van der Waals surface area contributed by atoms with Crippen molar-refractivity contribution in [3.8, 4) is 0 Å². The Morgan fingerprint density at radius 1 is 1.40 bits per heavy atom. The molecule has 1 aromatic rings. The van der Waals surface area contributed by atoms with Crippen LogP contribution in [0.4, 0.5) is 0 Å². The van der Waals surface area contributed by atoms with Crippen LogP contribution in [0.1, 0.15) is 52.3 Å². The van der Waals surface area contributed by atoms with Crippen molar-refractivity contribution in [2.24, 2.45) is 5.92 Å². The first-order chi connectivity index (χ1) is 9.65. The SMILES string of the molecule is CCNC(Cc1ccn(C(C)C)n1)C(OCC)C1CC1. The molecule has 4 nitrogen and oxygen atoms in total. The third-order valence-electron chi connectivity index (χ3n) is 3.93. The topological polar surface area (TPSA) is 39.1 Å². The molecule has 0 bridgehead atoms. The van der Waals surface area contributed by atoms with Crippen molar-refractivity contribution in [3.63, 3.8) is 0 Å². The first kappa shape index (κ1) is 15.5. The monoisotopic (exact) mass is 279 g/mol. The van der Waals surface area contributed by atoms with Crippen LogP contribution in [0.25, 0.3) is 0 Å². The fourth-order valence-corrected chi connectivity index (χ4v) is 2.76. The van der Waals surface area contributed by atoms with Gasteiger partial charge in [0.25, 0.3) is 0 Å². The molecule has 0 radical (unpaired) electrons. The standard InChI is InChI=1S/C16H29N3O/c1-5-17-15(16(20-6-2)13-7-8-13)11-14-9-10-19(18-14)12(3)4/h9-10,12-13,15-17H,5-8,11H2,1-4H3. The van der Waals surface area contributed by atoms with Gasteiger partial charge in [-0.2, -0.15) is 5.10 Å². The van der Waals surface area contributed by atoms with Gasteiger partial charge in [-0.25, -0.2) is 0 Å². The van der Waals surface area contributed by atoms with Crippen molar-refractivity contribution in [3.05, 3.63) is 18.0 Å². The van der Waals surface area contributed by atoms with E-state index in [0.717, 1.165) is 31.2 Å². The summed E-state index contributed by atoms with van der Waals surface area (Å²) in [5.41, 5.74) is 1.16. The summed E-state index contributed by atoms with van der Waals surface area (Å²) in [5.74, 6) is 0.742. The zero-order valence-corrected chi connectivity index (χ0v) is 13.3. The minimum Gasteiger partial charge on any atom is -0.377 e. The first-order valence-electron chi connectivity index (χ1n) is 8.04. The molecule has 0 aliphatic heterocycles. The van der Waals surface area contributed by atoms with Crippen LogP contribution in [0.3, 0.4) is 0 Å². The molecule has 0 spiro atoms. The highest BCUT2D eigenvalue weighted by atomic mass is 16.5. The molecule has 114 valence electrons. The van der Waals surface area contributed by atoms with E-state index >= 15 is 0 Å².